The molecule has 0 saturated heterocycles. The second kappa shape index (κ2) is 13.1. The molecule has 9 heteroatoms. The molecule has 0 aliphatic carbocycles. The Kier molecular flexibility index (Phi) is 9.11. The summed E-state index contributed by atoms with van der Waals surface area (Å²) < 4.78 is 19.4. The van der Waals surface area contributed by atoms with Gasteiger partial charge in [-0.15, -0.1) is 0 Å². The molecular weight excluding hydrogens is 562 g/mol. The summed E-state index contributed by atoms with van der Waals surface area (Å²) in [6.07, 6.45) is 1.82. The van der Waals surface area contributed by atoms with Crippen LogP contribution in [0.2, 0.25) is 0 Å². The van der Waals surface area contributed by atoms with Crippen LogP contribution in [0.25, 0.3) is 6.08 Å². The highest BCUT2D eigenvalue weighted by Gasteiger charge is 2.33. The van der Waals surface area contributed by atoms with Crippen LogP contribution in [0.4, 0.5) is 5.69 Å². The molecule has 4 aromatic rings. The maximum Gasteiger partial charge on any atom is 0.338 e. The molecule has 1 aliphatic rings. The SMILES string of the molecule is CCOC(=O)C1=C(C)N=c2sc(=Cc3ccc(OCc4ccccc4)c(OCC)c3)c(=O)n2[C@H]1c1ccc(N(C)C)cc1. The molecule has 43 heavy (non-hydrogen) atoms. The van der Waals surface area contributed by atoms with E-state index in [0.29, 0.717) is 45.3 Å². The molecule has 1 aromatic heterocycles. The van der Waals surface area contributed by atoms with Crippen molar-refractivity contribution in [3.05, 3.63) is 120 Å². The van der Waals surface area contributed by atoms with Crippen LogP contribution < -0.4 is 29.3 Å². The number of aromatic nitrogens is 1. The second-order valence-electron chi connectivity index (χ2n) is 10.2. The summed E-state index contributed by atoms with van der Waals surface area (Å²) in [6.45, 7) is 6.57. The van der Waals surface area contributed by atoms with Crippen LogP contribution >= 0.6 is 11.3 Å². The number of carbonyl (C=O) groups excluding carboxylic acids is 1. The van der Waals surface area contributed by atoms with Gasteiger partial charge in [0.25, 0.3) is 5.56 Å². The van der Waals surface area contributed by atoms with E-state index in [-0.39, 0.29) is 12.2 Å². The minimum atomic E-state index is -0.665. The predicted octanol–water partition coefficient (Wildman–Crippen LogP) is 4.84. The van der Waals surface area contributed by atoms with E-state index in [1.807, 2.05) is 105 Å². The molecule has 0 amide bonds. The fourth-order valence-electron chi connectivity index (χ4n) is 4.95. The molecule has 0 spiro atoms. The van der Waals surface area contributed by atoms with Gasteiger partial charge in [-0.3, -0.25) is 9.36 Å². The predicted molar refractivity (Wildman–Crippen MR) is 170 cm³/mol. The lowest BCUT2D eigenvalue weighted by Gasteiger charge is -2.25. The molecule has 8 nitrogen and oxygen atoms in total. The molecule has 222 valence electrons. The summed E-state index contributed by atoms with van der Waals surface area (Å²) in [5.41, 5.74) is 4.31. The Balaban J connectivity index is 1.56. The maximum atomic E-state index is 14.0. The lowest BCUT2D eigenvalue weighted by atomic mass is 9.95. The lowest BCUT2D eigenvalue weighted by molar-refractivity contribution is -0.139. The van der Waals surface area contributed by atoms with E-state index in [0.717, 1.165) is 22.4 Å². The van der Waals surface area contributed by atoms with Crippen molar-refractivity contribution in [2.24, 2.45) is 4.99 Å². The third-order valence-corrected chi connectivity index (χ3v) is 8.03. The third kappa shape index (κ3) is 6.41. The molecule has 1 aliphatic heterocycles. The number of carbonyl (C=O) groups is 1. The van der Waals surface area contributed by atoms with Gasteiger partial charge in [0.1, 0.15) is 6.61 Å². The molecule has 0 fully saturated rings. The van der Waals surface area contributed by atoms with E-state index in [9.17, 15) is 9.59 Å². The van der Waals surface area contributed by atoms with Crippen LogP contribution in [0.15, 0.2) is 93.9 Å². The molecule has 5 rings (SSSR count). The fraction of sp³-hybridized carbons (Fsp3) is 0.265. The number of allylic oxidation sites excluding steroid dienone is 1. The summed E-state index contributed by atoms with van der Waals surface area (Å²) in [5.74, 6) is 0.742. The number of thiazole rings is 1. The highest BCUT2D eigenvalue weighted by Crippen LogP contribution is 2.32. The first kappa shape index (κ1) is 29.8. The summed E-state index contributed by atoms with van der Waals surface area (Å²) >= 11 is 1.29. The zero-order valence-corrected chi connectivity index (χ0v) is 25.8. The van der Waals surface area contributed by atoms with Gasteiger partial charge in [0, 0.05) is 19.8 Å². The first-order chi connectivity index (χ1) is 20.8. The van der Waals surface area contributed by atoms with Crippen molar-refractivity contribution in [1.82, 2.24) is 4.57 Å². The number of hydrogen-bond acceptors (Lipinski definition) is 8. The summed E-state index contributed by atoms with van der Waals surface area (Å²) in [7, 11) is 3.93. The molecular formula is C34H35N3O5S. The van der Waals surface area contributed by atoms with Crippen molar-refractivity contribution in [2.45, 2.75) is 33.4 Å². The smallest absolute Gasteiger partial charge is 0.338 e. The standard InChI is InChI=1S/C34H35N3O5S/c1-6-40-28-19-24(13-18-27(28)42-21-23-11-9-8-10-12-23)20-29-32(38)37-31(25-14-16-26(17-15-25)36(4)5)30(33(39)41-7-2)22(3)35-34(37)43-29/h8-20,31H,6-7,21H2,1-5H3/t31-/m0/s1. The molecule has 3 aromatic carbocycles. The Bertz CT molecular complexity index is 1820. The van der Waals surface area contributed by atoms with E-state index in [1.165, 1.54) is 11.3 Å². The monoisotopic (exact) mass is 597 g/mol. The summed E-state index contributed by atoms with van der Waals surface area (Å²) in [5, 5.41) is 0. The first-order valence-electron chi connectivity index (χ1n) is 14.2. The summed E-state index contributed by atoms with van der Waals surface area (Å²) in [6, 6.07) is 22.7. The van der Waals surface area contributed by atoms with Crippen LogP contribution in [0.3, 0.4) is 0 Å². The Hall–Kier alpha value is -4.63. The van der Waals surface area contributed by atoms with E-state index in [2.05, 4.69) is 4.99 Å². The highest BCUT2D eigenvalue weighted by atomic mass is 32.1. The molecule has 0 N–H and O–H groups in total. The van der Waals surface area contributed by atoms with Gasteiger partial charge in [0.15, 0.2) is 16.3 Å². The van der Waals surface area contributed by atoms with E-state index >= 15 is 0 Å². The van der Waals surface area contributed by atoms with E-state index < -0.39 is 12.0 Å². The number of esters is 1. The lowest BCUT2D eigenvalue weighted by Crippen LogP contribution is -2.39. The molecule has 0 radical (unpaired) electrons. The highest BCUT2D eigenvalue weighted by molar-refractivity contribution is 7.07. The fourth-order valence-corrected chi connectivity index (χ4v) is 6.00. The third-order valence-electron chi connectivity index (χ3n) is 7.04. The van der Waals surface area contributed by atoms with Crippen molar-refractivity contribution in [2.75, 3.05) is 32.2 Å². The van der Waals surface area contributed by atoms with Crippen molar-refractivity contribution in [1.29, 1.82) is 0 Å². The average molecular weight is 598 g/mol. The van der Waals surface area contributed by atoms with Gasteiger partial charge < -0.3 is 19.1 Å². The number of anilines is 1. The molecule has 1 atom stereocenters. The van der Waals surface area contributed by atoms with E-state index in [1.54, 1.807) is 18.4 Å². The zero-order valence-electron chi connectivity index (χ0n) is 25.0. The second-order valence-corrected chi connectivity index (χ2v) is 11.2. The van der Waals surface area contributed by atoms with Gasteiger partial charge in [-0.05, 0) is 67.8 Å². The van der Waals surface area contributed by atoms with Crippen molar-refractivity contribution in [3.63, 3.8) is 0 Å². The van der Waals surface area contributed by atoms with E-state index in [4.69, 9.17) is 14.2 Å². The maximum absolute atomic E-state index is 14.0. The van der Waals surface area contributed by atoms with Gasteiger partial charge >= 0.3 is 5.97 Å². The quantitative estimate of drug-likeness (QED) is 0.243. The van der Waals surface area contributed by atoms with Crippen LogP contribution in [-0.2, 0) is 16.1 Å². The topological polar surface area (TPSA) is 82.4 Å². The Labute approximate surface area is 254 Å². The Morgan fingerprint density at radius 2 is 1.72 bits per heavy atom. The van der Waals surface area contributed by atoms with Gasteiger partial charge in [-0.25, -0.2) is 9.79 Å². The van der Waals surface area contributed by atoms with Crippen LogP contribution in [0.5, 0.6) is 11.5 Å². The van der Waals surface area contributed by atoms with Crippen LogP contribution in [0.1, 0.15) is 43.5 Å². The summed E-state index contributed by atoms with van der Waals surface area (Å²) in [4.78, 5) is 34.4. The average Bonchev–Trinajstić information content (AvgIpc) is 3.30. The largest absolute Gasteiger partial charge is 0.490 e. The number of fused-ring (bicyclic) bond motifs is 1. The van der Waals surface area contributed by atoms with Gasteiger partial charge in [0.2, 0.25) is 0 Å². The number of ether oxygens (including phenoxy) is 3. The molecule has 0 saturated carbocycles. The molecule has 0 bridgehead atoms. The minimum Gasteiger partial charge on any atom is -0.490 e. The first-order valence-corrected chi connectivity index (χ1v) is 15.0. The normalized spacial score (nSPS) is 14.6. The van der Waals surface area contributed by atoms with Crippen LogP contribution in [0, 0.1) is 0 Å². The van der Waals surface area contributed by atoms with Gasteiger partial charge in [-0.2, -0.15) is 0 Å². The van der Waals surface area contributed by atoms with Crippen molar-refractivity contribution in [3.8, 4) is 11.5 Å². The molecule has 2 heterocycles. The molecule has 0 unspecified atom stereocenters. The Morgan fingerprint density at radius 1 is 0.977 bits per heavy atom. The van der Waals surface area contributed by atoms with Gasteiger partial charge in [-0.1, -0.05) is 59.9 Å². The number of nitrogens with zero attached hydrogens (tertiary/aromatic N) is 3. The zero-order chi connectivity index (χ0) is 30.5. The number of benzene rings is 3. The van der Waals surface area contributed by atoms with Crippen molar-refractivity contribution < 1.29 is 19.0 Å². The van der Waals surface area contributed by atoms with Crippen molar-refractivity contribution >= 4 is 29.1 Å². The Morgan fingerprint density at radius 3 is 2.40 bits per heavy atom. The number of hydrogen-bond donors (Lipinski definition) is 0. The van der Waals surface area contributed by atoms with Crippen LogP contribution in [-0.4, -0.2) is 37.8 Å². The van der Waals surface area contributed by atoms with Gasteiger partial charge in [0.05, 0.1) is 35.1 Å². The number of rotatable bonds is 10. The minimum absolute atomic E-state index is 0.222.